The minimum Gasteiger partial charge on any atom is -0.481 e. The number of hydrogen-bond donors (Lipinski definition) is 2. The van der Waals surface area contributed by atoms with Crippen molar-refractivity contribution in [3.8, 4) is 0 Å². The third-order valence-corrected chi connectivity index (χ3v) is 4.97. The molecule has 6 nitrogen and oxygen atoms in total. The van der Waals surface area contributed by atoms with Crippen LogP contribution in [-0.2, 0) is 14.4 Å². The SMILES string of the molecule is CNC(=O)CC1CCN(C(=O)CC2(C(=O)O)CCC2)CC1. The molecule has 21 heavy (non-hydrogen) atoms. The largest absolute Gasteiger partial charge is 0.481 e. The van der Waals surface area contributed by atoms with Crippen molar-refractivity contribution in [2.24, 2.45) is 11.3 Å². The quantitative estimate of drug-likeness (QED) is 0.792. The highest BCUT2D eigenvalue weighted by Crippen LogP contribution is 2.44. The van der Waals surface area contributed by atoms with Crippen LogP contribution in [0, 0.1) is 11.3 Å². The lowest BCUT2D eigenvalue weighted by molar-refractivity contribution is -0.160. The van der Waals surface area contributed by atoms with Gasteiger partial charge in [0.1, 0.15) is 0 Å². The van der Waals surface area contributed by atoms with Crippen molar-refractivity contribution >= 4 is 17.8 Å². The molecule has 0 aromatic carbocycles. The summed E-state index contributed by atoms with van der Waals surface area (Å²) in [7, 11) is 1.63. The maximum absolute atomic E-state index is 12.3. The molecule has 0 atom stereocenters. The van der Waals surface area contributed by atoms with E-state index >= 15 is 0 Å². The standard InChI is InChI=1S/C15H24N2O4/c1-16-12(18)9-11-3-7-17(8-4-11)13(19)10-15(14(20)21)5-2-6-15/h11H,2-10H2,1H3,(H,16,18)(H,20,21). The average Bonchev–Trinajstić information content (AvgIpc) is 2.42. The highest BCUT2D eigenvalue weighted by molar-refractivity contribution is 5.85. The molecular formula is C15H24N2O4. The van der Waals surface area contributed by atoms with Gasteiger partial charge >= 0.3 is 5.97 Å². The Hall–Kier alpha value is -1.59. The maximum atomic E-state index is 12.3. The Bertz CT molecular complexity index is 423. The lowest BCUT2D eigenvalue weighted by Gasteiger charge is -2.39. The van der Waals surface area contributed by atoms with Crippen LogP contribution in [0.4, 0.5) is 0 Å². The number of nitrogens with zero attached hydrogens (tertiary/aromatic N) is 1. The first kappa shape index (κ1) is 15.8. The normalized spacial score (nSPS) is 21.5. The fourth-order valence-corrected chi connectivity index (χ4v) is 3.22. The van der Waals surface area contributed by atoms with E-state index in [9.17, 15) is 19.5 Å². The minimum absolute atomic E-state index is 0.0408. The summed E-state index contributed by atoms with van der Waals surface area (Å²) in [6.45, 7) is 1.27. The lowest BCUT2D eigenvalue weighted by Crippen LogP contribution is -2.46. The van der Waals surface area contributed by atoms with Gasteiger partial charge in [0.15, 0.2) is 0 Å². The predicted molar refractivity (Wildman–Crippen MR) is 76.5 cm³/mol. The van der Waals surface area contributed by atoms with Crippen LogP contribution in [0.3, 0.4) is 0 Å². The molecule has 1 saturated carbocycles. The van der Waals surface area contributed by atoms with Gasteiger partial charge in [-0.3, -0.25) is 14.4 Å². The zero-order valence-electron chi connectivity index (χ0n) is 12.6. The first-order valence-corrected chi connectivity index (χ1v) is 7.68. The van der Waals surface area contributed by atoms with Crippen molar-refractivity contribution < 1.29 is 19.5 Å². The Morgan fingerprint density at radius 2 is 1.86 bits per heavy atom. The molecule has 2 N–H and O–H groups in total. The van der Waals surface area contributed by atoms with E-state index in [2.05, 4.69) is 5.32 Å². The highest BCUT2D eigenvalue weighted by Gasteiger charge is 2.46. The van der Waals surface area contributed by atoms with E-state index in [1.807, 2.05) is 0 Å². The number of carbonyl (C=O) groups excluding carboxylic acids is 2. The number of piperidine rings is 1. The van der Waals surface area contributed by atoms with E-state index in [0.29, 0.717) is 38.3 Å². The van der Waals surface area contributed by atoms with Crippen LogP contribution >= 0.6 is 0 Å². The Kier molecular flexibility index (Phi) is 4.85. The second kappa shape index (κ2) is 6.45. The molecule has 2 aliphatic rings. The summed E-state index contributed by atoms with van der Waals surface area (Å²) in [5.74, 6) is -0.516. The molecule has 0 radical (unpaired) electrons. The number of carboxylic acid groups (broad SMARTS) is 1. The molecule has 1 aliphatic heterocycles. The van der Waals surface area contributed by atoms with E-state index in [-0.39, 0.29) is 18.2 Å². The molecule has 1 aliphatic carbocycles. The Morgan fingerprint density at radius 1 is 1.24 bits per heavy atom. The third kappa shape index (κ3) is 3.54. The van der Waals surface area contributed by atoms with E-state index < -0.39 is 11.4 Å². The van der Waals surface area contributed by atoms with E-state index in [1.165, 1.54) is 0 Å². The molecule has 1 saturated heterocycles. The Balaban J connectivity index is 1.80. The zero-order valence-corrected chi connectivity index (χ0v) is 12.6. The summed E-state index contributed by atoms with van der Waals surface area (Å²) >= 11 is 0. The molecule has 118 valence electrons. The Morgan fingerprint density at radius 3 is 2.29 bits per heavy atom. The van der Waals surface area contributed by atoms with Gasteiger partial charge in [0.2, 0.25) is 11.8 Å². The fourth-order valence-electron chi connectivity index (χ4n) is 3.22. The third-order valence-electron chi connectivity index (χ3n) is 4.97. The van der Waals surface area contributed by atoms with Crippen molar-refractivity contribution in [2.75, 3.05) is 20.1 Å². The first-order chi connectivity index (χ1) is 9.97. The van der Waals surface area contributed by atoms with Crippen LogP contribution < -0.4 is 5.32 Å². The van der Waals surface area contributed by atoms with Crippen molar-refractivity contribution in [1.29, 1.82) is 0 Å². The van der Waals surface area contributed by atoms with Crippen molar-refractivity contribution in [1.82, 2.24) is 10.2 Å². The van der Waals surface area contributed by atoms with Crippen LogP contribution in [0.15, 0.2) is 0 Å². The van der Waals surface area contributed by atoms with Crippen molar-refractivity contribution in [2.45, 2.75) is 44.9 Å². The number of aliphatic carboxylic acids is 1. The maximum Gasteiger partial charge on any atom is 0.310 e. The molecule has 0 spiro atoms. The van der Waals surface area contributed by atoms with E-state index in [0.717, 1.165) is 19.3 Å². The first-order valence-electron chi connectivity index (χ1n) is 7.68. The van der Waals surface area contributed by atoms with Crippen molar-refractivity contribution in [3.63, 3.8) is 0 Å². The number of carbonyl (C=O) groups is 3. The molecule has 0 aromatic heterocycles. The van der Waals surface area contributed by atoms with Crippen LogP contribution in [0.5, 0.6) is 0 Å². The average molecular weight is 296 g/mol. The summed E-state index contributed by atoms with van der Waals surface area (Å²) in [4.78, 5) is 36.7. The number of carboxylic acids is 1. The molecule has 0 aromatic rings. The van der Waals surface area contributed by atoms with E-state index in [4.69, 9.17) is 0 Å². The van der Waals surface area contributed by atoms with Gasteiger partial charge in [0, 0.05) is 33.0 Å². The lowest BCUT2D eigenvalue weighted by atomic mass is 9.66. The number of rotatable bonds is 5. The second-order valence-corrected chi connectivity index (χ2v) is 6.32. The minimum atomic E-state index is -0.836. The molecule has 2 amide bonds. The summed E-state index contributed by atoms with van der Waals surface area (Å²) < 4.78 is 0. The van der Waals surface area contributed by atoms with Gasteiger partial charge in [-0.2, -0.15) is 0 Å². The summed E-state index contributed by atoms with van der Waals surface area (Å²) in [5.41, 5.74) is -0.809. The molecular weight excluding hydrogens is 272 g/mol. The van der Waals surface area contributed by atoms with Crippen LogP contribution in [0.25, 0.3) is 0 Å². The fraction of sp³-hybridized carbons (Fsp3) is 0.800. The molecule has 2 rings (SSSR count). The summed E-state index contributed by atoms with van der Waals surface area (Å²) in [6, 6.07) is 0. The highest BCUT2D eigenvalue weighted by atomic mass is 16.4. The predicted octanol–water partition coefficient (Wildman–Crippen LogP) is 1.01. The summed E-state index contributed by atoms with van der Waals surface area (Å²) in [6.07, 6.45) is 4.40. The molecule has 1 heterocycles. The number of likely N-dealkylation sites (tertiary alicyclic amines) is 1. The van der Waals surface area contributed by atoms with Gasteiger partial charge in [-0.05, 0) is 31.6 Å². The van der Waals surface area contributed by atoms with Crippen LogP contribution in [0.1, 0.15) is 44.9 Å². The Labute approximate surface area is 124 Å². The van der Waals surface area contributed by atoms with Gasteiger partial charge < -0.3 is 15.3 Å². The second-order valence-electron chi connectivity index (χ2n) is 6.32. The molecule has 0 unspecified atom stereocenters. The van der Waals surface area contributed by atoms with Gasteiger partial charge in [0.25, 0.3) is 0 Å². The zero-order chi connectivity index (χ0) is 15.5. The summed E-state index contributed by atoms with van der Waals surface area (Å²) in [5, 5.41) is 11.9. The van der Waals surface area contributed by atoms with Crippen LogP contribution in [0.2, 0.25) is 0 Å². The molecule has 2 fully saturated rings. The van der Waals surface area contributed by atoms with Gasteiger partial charge in [0.05, 0.1) is 5.41 Å². The molecule has 0 bridgehead atoms. The monoisotopic (exact) mass is 296 g/mol. The van der Waals surface area contributed by atoms with Gasteiger partial charge in [-0.1, -0.05) is 6.42 Å². The number of nitrogens with one attached hydrogen (secondary N) is 1. The van der Waals surface area contributed by atoms with E-state index in [1.54, 1.807) is 11.9 Å². The topological polar surface area (TPSA) is 86.7 Å². The van der Waals surface area contributed by atoms with Gasteiger partial charge in [-0.15, -0.1) is 0 Å². The van der Waals surface area contributed by atoms with Gasteiger partial charge in [-0.25, -0.2) is 0 Å². The van der Waals surface area contributed by atoms with Crippen LogP contribution in [-0.4, -0.2) is 47.9 Å². The smallest absolute Gasteiger partial charge is 0.310 e. The number of hydrogen-bond acceptors (Lipinski definition) is 3. The number of amides is 2. The molecule has 6 heteroatoms. The van der Waals surface area contributed by atoms with Crippen molar-refractivity contribution in [3.05, 3.63) is 0 Å².